The van der Waals surface area contributed by atoms with Crippen LogP contribution in [0.4, 0.5) is 8.78 Å². The highest BCUT2D eigenvalue weighted by Gasteiger charge is 2.10. The summed E-state index contributed by atoms with van der Waals surface area (Å²) in [5, 5.41) is 9.28. The largest absolute Gasteiger partial charge is 0.240 e. The molecule has 0 amide bonds. The number of halogens is 2. The lowest BCUT2D eigenvalue weighted by Gasteiger charge is -1.96. The molecule has 1 aromatic heterocycles. The fourth-order valence-electron chi connectivity index (χ4n) is 1.25. The molecule has 0 radical (unpaired) electrons. The molecule has 2 nitrogen and oxygen atoms in total. The molecule has 0 aliphatic heterocycles. The summed E-state index contributed by atoms with van der Waals surface area (Å²) in [6.07, 6.45) is 0. The van der Waals surface area contributed by atoms with Crippen molar-refractivity contribution in [2.75, 3.05) is 0 Å². The van der Waals surface area contributed by atoms with Crippen LogP contribution in [0.25, 0.3) is 10.6 Å². The molecule has 0 fully saturated rings. The third-order valence-electron chi connectivity index (χ3n) is 2.06. The van der Waals surface area contributed by atoms with Gasteiger partial charge in [0.25, 0.3) is 0 Å². The Morgan fingerprint density at radius 1 is 1.31 bits per heavy atom. The second kappa shape index (κ2) is 3.99. The molecule has 16 heavy (non-hydrogen) atoms. The van der Waals surface area contributed by atoms with E-state index in [1.54, 1.807) is 6.92 Å². The molecule has 0 N–H and O–H groups in total. The van der Waals surface area contributed by atoms with E-state index in [0.717, 1.165) is 12.1 Å². The van der Waals surface area contributed by atoms with E-state index in [1.807, 2.05) is 6.07 Å². The van der Waals surface area contributed by atoms with Gasteiger partial charge in [-0.1, -0.05) is 0 Å². The van der Waals surface area contributed by atoms with Crippen LogP contribution < -0.4 is 0 Å². The first-order valence-corrected chi connectivity index (χ1v) is 5.26. The zero-order valence-corrected chi connectivity index (χ0v) is 9.11. The first-order chi connectivity index (χ1) is 7.61. The van der Waals surface area contributed by atoms with E-state index in [2.05, 4.69) is 4.98 Å². The normalized spacial score (nSPS) is 10.1. The minimum Gasteiger partial charge on any atom is -0.240 e. The molecule has 5 heteroatoms. The first kappa shape index (κ1) is 10.7. The fraction of sp³-hybridized carbons (Fsp3) is 0.0909. The van der Waals surface area contributed by atoms with Crippen molar-refractivity contribution >= 4 is 11.3 Å². The quantitative estimate of drug-likeness (QED) is 0.762. The second-order valence-corrected chi connectivity index (χ2v) is 4.17. The highest BCUT2D eigenvalue weighted by Crippen LogP contribution is 2.28. The van der Waals surface area contributed by atoms with Crippen LogP contribution in [-0.4, -0.2) is 4.98 Å². The average molecular weight is 236 g/mol. The van der Waals surface area contributed by atoms with Crippen LogP contribution in [0.2, 0.25) is 0 Å². The van der Waals surface area contributed by atoms with E-state index < -0.39 is 11.6 Å². The van der Waals surface area contributed by atoms with Crippen LogP contribution in [-0.2, 0) is 0 Å². The van der Waals surface area contributed by atoms with Crippen molar-refractivity contribution in [3.63, 3.8) is 0 Å². The van der Waals surface area contributed by atoms with Gasteiger partial charge in [0.1, 0.15) is 16.0 Å². The Morgan fingerprint density at radius 3 is 2.62 bits per heavy atom. The van der Waals surface area contributed by atoms with Crippen LogP contribution >= 0.6 is 11.3 Å². The molecule has 0 saturated heterocycles. The number of aryl methyl sites for hydroxylation is 1. The van der Waals surface area contributed by atoms with E-state index in [4.69, 9.17) is 5.26 Å². The Labute approximate surface area is 94.8 Å². The van der Waals surface area contributed by atoms with E-state index >= 15 is 0 Å². The summed E-state index contributed by atoms with van der Waals surface area (Å²) in [6, 6.07) is 5.57. The van der Waals surface area contributed by atoms with Crippen LogP contribution in [0.5, 0.6) is 0 Å². The summed E-state index contributed by atoms with van der Waals surface area (Å²) < 4.78 is 25.7. The van der Waals surface area contributed by atoms with Gasteiger partial charge in [0.15, 0.2) is 11.6 Å². The van der Waals surface area contributed by atoms with E-state index in [-0.39, 0.29) is 0 Å². The third kappa shape index (κ3) is 1.79. The number of thiazole rings is 1. The van der Waals surface area contributed by atoms with Crippen molar-refractivity contribution in [1.82, 2.24) is 4.98 Å². The SMILES string of the molecule is Cc1nc(-c2ccc(F)c(F)c2)sc1C#N. The zero-order chi connectivity index (χ0) is 11.7. The number of nitriles is 1. The monoisotopic (exact) mass is 236 g/mol. The predicted molar refractivity (Wildman–Crippen MR) is 56.9 cm³/mol. The maximum Gasteiger partial charge on any atom is 0.159 e. The summed E-state index contributed by atoms with van der Waals surface area (Å²) >= 11 is 1.17. The minimum absolute atomic E-state index is 0.480. The predicted octanol–water partition coefficient (Wildman–Crippen LogP) is 3.27. The second-order valence-electron chi connectivity index (χ2n) is 3.17. The number of benzene rings is 1. The van der Waals surface area contributed by atoms with Crippen molar-refractivity contribution in [2.45, 2.75) is 6.92 Å². The van der Waals surface area contributed by atoms with Gasteiger partial charge in [0.2, 0.25) is 0 Å². The summed E-state index contributed by atoms with van der Waals surface area (Å²) in [6.45, 7) is 1.71. The maximum atomic E-state index is 13.0. The Bertz CT molecular complexity index is 584. The highest BCUT2D eigenvalue weighted by atomic mass is 32.1. The third-order valence-corrected chi connectivity index (χ3v) is 3.18. The van der Waals surface area contributed by atoms with Gasteiger partial charge in [-0.2, -0.15) is 5.26 Å². The van der Waals surface area contributed by atoms with Gasteiger partial charge in [-0.15, -0.1) is 11.3 Å². The molecule has 1 aromatic carbocycles. The Kier molecular flexibility index (Phi) is 2.67. The van der Waals surface area contributed by atoms with Gasteiger partial charge in [0, 0.05) is 5.56 Å². The van der Waals surface area contributed by atoms with Crippen LogP contribution in [0, 0.1) is 29.9 Å². The Hall–Kier alpha value is -1.80. The summed E-state index contributed by atoms with van der Waals surface area (Å²) in [4.78, 5) is 4.62. The van der Waals surface area contributed by atoms with E-state index in [1.165, 1.54) is 17.4 Å². The molecular formula is C11H6F2N2S. The summed E-state index contributed by atoms with van der Waals surface area (Å²) in [5.74, 6) is -1.80. The van der Waals surface area contributed by atoms with Crippen LogP contribution in [0.1, 0.15) is 10.6 Å². The lowest BCUT2D eigenvalue weighted by molar-refractivity contribution is 0.509. The van der Waals surface area contributed by atoms with Gasteiger partial charge >= 0.3 is 0 Å². The lowest BCUT2D eigenvalue weighted by Crippen LogP contribution is -1.84. The Balaban J connectivity index is 2.51. The van der Waals surface area contributed by atoms with Crippen LogP contribution in [0.15, 0.2) is 18.2 Å². The molecule has 0 unspecified atom stereocenters. The van der Waals surface area contributed by atoms with Crippen molar-refractivity contribution in [3.05, 3.63) is 40.4 Å². The van der Waals surface area contributed by atoms with E-state index in [9.17, 15) is 8.78 Å². The zero-order valence-electron chi connectivity index (χ0n) is 8.29. The van der Waals surface area contributed by atoms with Gasteiger partial charge in [0.05, 0.1) is 5.69 Å². The average Bonchev–Trinajstić information content (AvgIpc) is 2.64. The van der Waals surface area contributed by atoms with Crippen molar-refractivity contribution in [1.29, 1.82) is 5.26 Å². The van der Waals surface area contributed by atoms with Crippen molar-refractivity contribution < 1.29 is 8.78 Å². The minimum atomic E-state index is -0.913. The number of hydrogen-bond acceptors (Lipinski definition) is 3. The smallest absolute Gasteiger partial charge is 0.159 e. The molecule has 2 aromatic rings. The van der Waals surface area contributed by atoms with Gasteiger partial charge in [-0.25, -0.2) is 13.8 Å². The number of rotatable bonds is 1. The number of nitrogens with zero attached hydrogens (tertiary/aromatic N) is 2. The molecule has 0 spiro atoms. The number of aromatic nitrogens is 1. The topological polar surface area (TPSA) is 36.7 Å². The molecule has 2 rings (SSSR count). The maximum absolute atomic E-state index is 13.0. The Morgan fingerprint density at radius 2 is 2.06 bits per heavy atom. The highest BCUT2D eigenvalue weighted by molar-refractivity contribution is 7.15. The van der Waals surface area contributed by atoms with Gasteiger partial charge in [-0.05, 0) is 25.1 Å². The summed E-state index contributed by atoms with van der Waals surface area (Å²) in [5.41, 5.74) is 1.08. The molecule has 0 bridgehead atoms. The molecular weight excluding hydrogens is 230 g/mol. The fourth-order valence-corrected chi connectivity index (χ4v) is 2.11. The summed E-state index contributed by atoms with van der Waals surface area (Å²) in [7, 11) is 0. The van der Waals surface area contributed by atoms with Crippen LogP contribution in [0.3, 0.4) is 0 Å². The molecule has 0 saturated carbocycles. The molecule has 80 valence electrons. The van der Waals surface area contributed by atoms with Crippen molar-refractivity contribution in [2.24, 2.45) is 0 Å². The lowest BCUT2D eigenvalue weighted by atomic mass is 10.2. The van der Waals surface area contributed by atoms with Crippen molar-refractivity contribution in [3.8, 4) is 16.6 Å². The number of hydrogen-bond donors (Lipinski definition) is 0. The molecule has 0 aliphatic carbocycles. The first-order valence-electron chi connectivity index (χ1n) is 4.45. The van der Waals surface area contributed by atoms with E-state index in [0.29, 0.717) is 21.1 Å². The molecule has 1 heterocycles. The van der Waals surface area contributed by atoms with Gasteiger partial charge in [-0.3, -0.25) is 0 Å². The van der Waals surface area contributed by atoms with Gasteiger partial charge < -0.3 is 0 Å². The molecule has 0 aliphatic rings. The standard InChI is InChI=1S/C11H6F2N2S/c1-6-10(5-14)16-11(15-6)7-2-3-8(12)9(13)4-7/h2-4H,1H3. The molecule has 0 atom stereocenters.